The number of hydrogen-bond acceptors (Lipinski definition) is 2. The van der Waals surface area contributed by atoms with Crippen LogP contribution >= 0.6 is 11.6 Å². The number of rotatable bonds is 4. The minimum Gasteiger partial charge on any atom is -0.335 e. The average Bonchev–Trinajstić information content (AvgIpc) is 2.87. The normalized spacial score (nSPS) is 25.0. The van der Waals surface area contributed by atoms with E-state index in [1.54, 1.807) is 12.1 Å². The third-order valence-corrected chi connectivity index (χ3v) is 5.78. The fourth-order valence-electron chi connectivity index (χ4n) is 4.33. The lowest BCUT2D eigenvalue weighted by molar-refractivity contribution is 0.112. The lowest BCUT2D eigenvalue weighted by Crippen LogP contribution is -2.50. The first-order valence-corrected chi connectivity index (χ1v) is 9.68. The van der Waals surface area contributed by atoms with Crippen molar-refractivity contribution < 1.29 is 4.79 Å². The van der Waals surface area contributed by atoms with Crippen LogP contribution < -0.4 is 10.6 Å². The highest BCUT2D eigenvalue weighted by atomic mass is 35.5. The van der Waals surface area contributed by atoms with Gasteiger partial charge >= 0.3 is 6.03 Å². The minimum atomic E-state index is -0.131. The molecule has 2 unspecified atom stereocenters. The first kappa shape index (κ1) is 17.4. The summed E-state index contributed by atoms with van der Waals surface area (Å²) in [5.41, 5.74) is 2.13. The molecule has 2 aliphatic rings. The molecule has 0 saturated carbocycles. The molecular formula is C21H24ClN3O. The standard InChI is InChI=1S/C21H24ClN3O/c22-16-6-8-17(9-7-16)23-21(26)24-18-12-19-10-11-20(13-18)25(19)14-15-4-2-1-3-5-15/h1-9,18-20H,10-14H2,(H2,23,24,26). The maximum Gasteiger partial charge on any atom is 0.319 e. The molecule has 4 rings (SSSR count). The lowest BCUT2D eigenvalue weighted by atomic mass is 9.96. The molecule has 2 N–H and O–H groups in total. The molecule has 0 radical (unpaired) electrons. The summed E-state index contributed by atoms with van der Waals surface area (Å²) in [7, 11) is 0. The Balaban J connectivity index is 1.32. The smallest absolute Gasteiger partial charge is 0.319 e. The highest BCUT2D eigenvalue weighted by molar-refractivity contribution is 6.30. The Morgan fingerprint density at radius 3 is 2.31 bits per heavy atom. The molecule has 2 fully saturated rings. The number of nitrogens with one attached hydrogen (secondary N) is 2. The lowest BCUT2D eigenvalue weighted by Gasteiger charge is -2.39. The zero-order valence-corrected chi connectivity index (χ0v) is 15.5. The molecule has 2 atom stereocenters. The van der Waals surface area contributed by atoms with Gasteiger partial charge in [-0.25, -0.2) is 4.79 Å². The molecular weight excluding hydrogens is 346 g/mol. The molecule has 5 heteroatoms. The molecule has 2 heterocycles. The number of benzene rings is 2. The predicted molar refractivity (Wildman–Crippen MR) is 105 cm³/mol. The van der Waals surface area contributed by atoms with Crippen LogP contribution in [0.3, 0.4) is 0 Å². The van der Waals surface area contributed by atoms with Gasteiger partial charge in [0.2, 0.25) is 0 Å². The van der Waals surface area contributed by atoms with Crippen molar-refractivity contribution in [3.05, 3.63) is 65.2 Å². The summed E-state index contributed by atoms with van der Waals surface area (Å²) in [6.45, 7) is 1.01. The van der Waals surface area contributed by atoms with Crippen LogP contribution in [0.1, 0.15) is 31.2 Å². The molecule has 2 aromatic carbocycles. The van der Waals surface area contributed by atoms with E-state index in [2.05, 4.69) is 45.9 Å². The number of fused-ring (bicyclic) bond motifs is 2. The largest absolute Gasteiger partial charge is 0.335 e. The Labute approximate surface area is 159 Å². The van der Waals surface area contributed by atoms with E-state index >= 15 is 0 Å². The van der Waals surface area contributed by atoms with Gasteiger partial charge in [-0.2, -0.15) is 0 Å². The number of anilines is 1. The van der Waals surface area contributed by atoms with Gasteiger partial charge in [0, 0.05) is 35.4 Å². The highest BCUT2D eigenvalue weighted by Gasteiger charge is 2.40. The van der Waals surface area contributed by atoms with Gasteiger partial charge in [0.25, 0.3) is 0 Å². The molecule has 136 valence electrons. The maximum atomic E-state index is 12.3. The maximum absolute atomic E-state index is 12.3. The fourth-order valence-corrected chi connectivity index (χ4v) is 4.46. The zero-order valence-electron chi connectivity index (χ0n) is 14.7. The molecule has 2 aromatic rings. The Bertz CT molecular complexity index is 736. The van der Waals surface area contributed by atoms with Crippen molar-refractivity contribution in [3.63, 3.8) is 0 Å². The molecule has 0 aromatic heterocycles. The van der Waals surface area contributed by atoms with Gasteiger partial charge in [-0.15, -0.1) is 0 Å². The molecule has 0 aliphatic carbocycles. The monoisotopic (exact) mass is 369 g/mol. The van der Waals surface area contributed by atoms with Gasteiger partial charge in [-0.05, 0) is 55.5 Å². The third kappa shape index (κ3) is 4.02. The number of amides is 2. The topological polar surface area (TPSA) is 44.4 Å². The summed E-state index contributed by atoms with van der Waals surface area (Å²) in [5.74, 6) is 0. The van der Waals surface area contributed by atoms with Crippen molar-refractivity contribution in [2.45, 2.75) is 50.4 Å². The number of urea groups is 1. The van der Waals surface area contributed by atoms with Crippen LogP contribution in [0.4, 0.5) is 10.5 Å². The third-order valence-electron chi connectivity index (χ3n) is 5.53. The molecule has 2 amide bonds. The molecule has 4 nitrogen and oxygen atoms in total. The number of piperidine rings is 1. The number of carbonyl (C=O) groups excluding carboxylic acids is 1. The molecule has 2 bridgehead atoms. The van der Waals surface area contributed by atoms with Crippen LogP contribution in [0.2, 0.25) is 5.02 Å². The Hall–Kier alpha value is -2.04. The van der Waals surface area contributed by atoms with Gasteiger partial charge in [0.05, 0.1) is 0 Å². The molecule has 2 saturated heterocycles. The number of carbonyl (C=O) groups is 1. The van der Waals surface area contributed by atoms with Gasteiger partial charge in [0.1, 0.15) is 0 Å². The van der Waals surface area contributed by atoms with Crippen molar-refractivity contribution in [2.24, 2.45) is 0 Å². The van der Waals surface area contributed by atoms with Crippen LogP contribution in [0.25, 0.3) is 0 Å². The van der Waals surface area contributed by atoms with E-state index in [4.69, 9.17) is 11.6 Å². The molecule has 26 heavy (non-hydrogen) atoms. The summed E-state index contributed by atoms with van der Waals surface area (Å²) in [4.78, 5) is 14.9. The Morgan fingerprint density at radius 1 is 1.00 bits per heavy atom. The van der Waals surface area contributed by atoms with Crippen LogP contribution in [0.15, 0.2) is 54.6 Å². The highest BCUT2D eigenvalue weighted by Crippen LogP contribution is 2.36. The molecule has 0 spiro atoms. The molecule has 2 aliphatic heterocycles. The van der Waals surface area contributed by atoms with Gasteiger partial charge in [-0.3, -0.25) is 4.90 Å². The average molecular weight is 370 g/mol. The van der Waals surface area contributed by atoms with Crippen molar-refractivity contribution in [1.82, 2.24) is 10.2 Å². The second-order valence-electron chi connectivity index (χ2n) is 7.32. The van der Waals surface area contributed by atoms with Crippen molar-refractivity contribution >= 4 is 23.3 Å². The van der Waals surface area contributed by atoms with Crippen LogP contribution in [-0.2, 0) is 6.54 Å². The van der Waals surface area contributed by atoms with E-state index in [1.165, 1.54) is 18.4 Å². The minimum absolute atomic E-state index is 0.131. The van der Waals surface area contributed by atoms with E-state index in [-0.39, 0.29) is 12.1 Å². The first-order valence-electron chi connectivity index (χ1n) is 9.30. The van der Waals surface area contributed by atoms with Gasteiger partial charge in [0.15, 0.2) is 0 Å². The summed E-state index contributed by atoms with van der Waals surface area (Å²) in [6, 6.07) is 19.1. The van der Waals surface area contributed by atoms with E-state index in [9.17, 15) is 4.79 Å². The second-order valence-corrected chi connectivity index (χ2v) is 7.75. The summed E-state index contributed by atoms with van der Waals surface area (Å²) in [5, 5.41) is 6.72. The zero-order chi connectivity index (χ0) is 17.9. The van der Waals surface area contributed by atoms with Gasteiger partial charge < -0.3 is 10.6 Å². The van der Waals surface area contributed by atoms with E-state index in [0.717, 1.165) is 25.1 Å². The van der Waals surface area contributed by atoms with Crippen LogP contribution in [0, 0.1) is 0 Å². The summed E-state index contributed by atoms with van der Waals surface area (Å²) in [6.07, 6.45) is 4.51. The quantitative estimate of drug-likeness (QED) is 0.823. The number of halogens is 1. The fraction of sp³-hybridized carbons (Fsp3) is 0.381. The van der Waals surface area contributed by atoms with Crippen LogP contribution in [-0.4, -0.2) is 29.1 Å². The second kappa shape index (κ2) is 7.68. The van der Waals surface area contributed by atoms with E-state index in [1.807, 2.05) is 12.1 Å². The SMILES string of the molecule is O=C(Nc1ccc(Cl)cc1)NC1CC2CCC(C1)N2Cc1ccccc1. The summed E-state index contributed by atoms with van der Waals surface area (Å²) >= 11 is 5.88. The predicted octanol–water partition coefficient (Wildman–Crippen LogP) is 4.66. The Morgan fingerprint density at radius 2 is 1.65 bits per heavy atom. The van der Waals surface area contributed by atoms with Crippen LogP contribution in [0.5, 0.6) is 0 Å². The Kier molecular flexibility index (Phi) is 5.14. The first-order chi connectivity index (χ1) is 12.7. The van der Waals surface area contributed by atoms with Crippen molar-refractivity contribution in [1.29, 1.82) is 0 Å². The van der Waals surface area contributed by atoms with Gasteiger partial charge in [-0.1, -0.05) is 41.9 Å². The van der Waals surface area contributed by atoms with E-state index in [0.29, 0.717) is 17.1 Å². The van der Waals surface area contributed by atoms with E-state index < -0.39 is 0 Å². The summed E-state index contributed by atoms with van der Waals surface area (Å²) < 4.78 is 0. The number of hydrogen-bond donors (Lipinski definition) is 2. The number of nitrogens with zero attached hydrogens (tertiary/aromatic N) is 1. The van der Waals surface area contributed by atoms with Crippen molar-refractivity contribution in [3.8, 4) is 0 Å². The van der Waals surface area contributed by atoms with Crippen molar-refractivity contribution in [2.75, 3.05) is 5.32 Å².